The summed E-state index contributed by atoms with van der Waals surface area (Å²) < 4.78 is 5.42. The van der Waals surface area contributed by atoms with E-state index in [-0.39, 0.29) is 6.61 Å². The minimum Gasteiger partial charge on any atom is -0.458 e. The molecule has 0 aliphatic rings. The van der Waals surface area contributed by atoms with Crippen molar-refractivity contribution in [3.63, 3.8) is 0 Å². The number of nitrogens with one attached hydrogen (secondary N) is 1. The van der Waals surface area contributed by atoms with Crippen molar-refractivity contribution in [2.45, 2.75) is 20.3 Å². The predicted octanol–water partition coefficient (Wildman–Crippen LogP) is 2.50. The Balaban J connectivity index is 2.98. The van der Waals surface area contributed by atoms with Gasteiger partial charge in [0, 0.05) is 10.7 Å². The Morgan fingerprint density at radius 1 is 1.60 bits per heavy atom. The Hall–Kier alpha value is -1.96. The van der Waals surface area contributed by atoms with Crippen LogP contribution in [0, 0.1) is 10.1 Å². The van der Waals surface area contributed by atoms with E-state index < -0.39 is 16.6 Å². The topological polar surface area (TPSA) is 94.4 Å². The molecule has 0 amide bonds. The Morgan fingerprint density at radius 3 is 2.85 bits per heavy atom. The van der Waals surface area contributed by atoms with Gasteiger partial charge in [0.15, 0.2) is 0 Å². The van der Waals surface area contributed by atoms with E-state index in [2.05, 4.69) is 31.0 Å². The number of anilines is 1. The zero-order valence-electron chi connectivity index (χ0n) is 11.1. The number of esters is 1. The molecular weight excluding hydrogens is 330 g/mol. The van der Waals surface area contributed by atoms with Crippen LogP contribution >= 0.6 is 15.9 Å². The second-order valence-corrected chi connectivity index (χ2v) is 4.58. The van der Waals surface area contributed by atoms with Crippen LogP contribution in [0.25, 0.3) is 0 Å². The summed E-state index contributed by atoms with van der Waals surface area (Å²) in [5, 5.41) is 13.5. The number of aromatic nitrogens is 1. The van der Waals surface area contributed by atoms with E-state index in [0.717, 1.165) is 16.2 Å². The number of nitro groups is 1. The number of halogens is 1. The number of carbonyl (C=O) groups is 1. The highest BCUT2D eigenvalue weighted by atomic mass is 79.9. The van der Waals surface area contributed by atoms with Gasteiger partial charge in [-0.05, 0) is 40.9 Å². The molecule has 0 saturated heterocycles. The molecule has 0 saturated carbocycles. The van der Waals surface area contributed by atoms with Crippen LogP contribution in [-0.4, -0.2) is 22.5 Å². The fraction of sp³-hybridized carbons (Fsp3) is 0.333. The van der Waals surface area contributed by atoms with Crippen LogP contribution in [-0.2, 0) is 16.0 Å². The molecule has 8 heteroatoms. The van der Waals surface area contributed by atoms with Crippen LogP contribution in [0.3, 0.4) is 0 Å². The number of nitrogens with zero attached hydrogens (tertiary/aromatic N) is 2. The lowest BCUT2D eigenvalue weighted by Gasteiger charge is -2.06. The van der Waals surface area contributed by atoms with Gasteiger partial charge in [0.05, 0.1) is 17.7 Å². The van der Waals surface area contributed by atoms with Crippen molar-refractivity contribution in [2.24, 2.45) is 0 Å². The fourth-order valence-electron chi connectivity index (χ4n) is 1.41. The molecule has 108 valence electrons. The summed E-state index contributed by atoms with van der Waals surface area (Å²) in [6.45, 7) is 3.58. The third kappa shape index (κ3) is 4.30. The highest BCUT2D eigenvalue weighted by Gasteiger charge is 2.23. The van der Waals surface area contributed by atoms with Gasteiger partial charge in [0.1, 0.15) is 5.82 Å². The third-order valence-electron chi connectivity index (χ3n) is 2.34. The van der Waals surface area contributed by atoms with Gasteiger partial charge in [-0.2, -0.15) is 0 Å². The molecule has 1 N–H and O–H groups in total. The van der Waals surface area contributed by atoms with Crippen LogP contribution in [0.4, 0.5) is 5.82 Å². The number of ether oxygens (including phenoxy) is 1. The van der Waals surface area contributed by atoms with E-state index in [4.69, 9.17) is 0 Å². The molecule has 0 atom stereocenters. The van der Waals surface area contributed by atoms with Crippen LogP contribution in [0.2, 0.25) is 0 Å². The Morgan fingerprint density at radius 2 is 2.30 bits per heavy atom. The van der Waals surface area contributed by atoms with E-state index in [9.17, 15) is 14.9 Å². The van der Waals surface area contributed by atoms with Gasteiger partial charge in [-0.25, -0.2) is 9.78 Å². The summed E-state index contributed by atoms with van der Waals surface area (Å²) in [6.07, 6.45) is 3.24. The maximum absolute atomic E-state index is 11.4. The van der Waals surface area contributed by atoms with Gasteiger partial charge in [0.25, 0.3) is 0 Å². The molecule has 0 aliphatic carbocycles. The molecular formula is C12H14BrN3O4. The second kappa shape index (κ2) is 7.59. The van der Waals surface area contributed by atoms with Gasteiger partial charge < -0.3 is 10.1 Å². The fourth-order valence-corrected chi connectivity index (χ4v) is 1.79. The van der Waals surface area contributed by atoms with Crippen molar-refractivity contribution in [2.75, 3.05) is 11.9 Å². The van der Waals surface area contributed by atoms with Crippen LogP contribution in [0.5, 0.6) is 0 Å². The van der Waals surface area contributed by atoms with Gasteiger partial charge in [-0.1, -0.05) is 6.92 Å². The van der Waals surface area contributed by atoms with Gasteiger partial charge in [-0.15, -0.1) is 0 Å². The van der Waals surface area contributed by atoms with E-state index in [1.807, 2.05) is 13.0 Å². The lowest BCUT2D eigenvalue weighted by Crippen LogP contribution is -2.16. The largest absolute Gasteiger partial charge is 0.458 e. The van der Waals surface area contributed by atoms with E-state index in [1.165, 1.54) is 0 Å². The summed E-state index contributed by atoms with van der Waals surface area (Å²) in [5.41, 5.74) is 0.195. The molecule has 1 aromatic heterocycles. The molecule has 0 fully saturated rings. The molecule has 1 rings (SSSR count). The smallest absolute Gasteiger partial charge is 0.411 e. The number of hydrogen-bond acceptors (Lipinski definition) is 6. The number of pyridine rings is 1. The monoisotopic (exact) mass is 343 g/mol. The van der Waals surface area contributed by atoms with E-state index in [0.29, 0.717) is 12.2 Å². The van der Waals surface area contributed by atoms with Crippen molar-refractivity contribution in [3.05, 3.63) is 44.3 Å². The van der Waals surface area contributed by atoms with Crippen molar-refractivity contribution in [1.29, 1.82) is 0 Å². The summed E-state index contributed by atoms with van der Waals surface area (Å²) in [6, 6.07) is 1.85. The molecule has 0 unspecified atom stereocenters. The SMILES string of the molecule is CCOC(=O)C(=CNc1ncc(Br)cc1CC)[N+](=O)[O-]. The van der Waals surface area contributed by atoms with Crippen molar-refractivity contribution >= 4 is 27.7 Å². The first-order valence-electron chi connectivity index (χ1n) is 5.92. The molecule has 0 aliphatic heterocycles. The summed E-state index contributed by atoms with van der Waals surface area (Å²) in [5.74, 6) is -0.528. The molecule has 1 heterocycles. The van der Waals surface area contributed by atoms with Crippen molar-refractivity contribution in [1.82, 2.24) is 4.98 Å². The molecule has 0 bridgehead atoms. The average molecular weight is 344 g/mol. The second-order valence-electron chi connectivity index (χ2n) is 3.67. The number of aryl methyl sites for hydroxylation is 1. The van der Waals surface area contributed by atoms with Gasteiger partial charge in [0.2, 0.25) is 0 Å². The molecule has 7 nitrogen and oxygen atoms in total. The van der Waals surface area contributed by atoms with Gasteiger partial charge in [-0.3, -0.25) is 10.1 Å². The first kappa shape index (κ1) is 16.1. The number of carbonyl (C=O) groups excluding carboxylic acids is 1. The number of hydrogen-bond donors (Lipinski definition) is 1. The lowest BCUT2D eigenvalue weighted by molar-refractivity contribution is -0.421. The van der Waals surface area contributed by atoms with Crippen molar-refractivity contribution in [3.8, 4) is 0 Å². The predicted molar refractivity (Wildman–Crippen MR) is 76.6 cm³/mol. The lowest BCUT2D eigenvalue weighted by atomic mass is 10.2. The Kier molecular flexibility index (Phi) is 6.10. The minimum absolute atomic E-state index is 0.0702. The van der Waals surface area contributed by atoms with E-state index in [1.54, 1.807) is 13.1 Å². The quantitative estimate of drug-likeness (QED) is 0.369. The first-order valence-corrected chi connectivity index (χ1v) is 6.71. The van der Waals surface area contributed by atoms with Crippen LogP contribution in [0.15, 0.2) is 28.6 Å². The standard InChI is InChI=1S/C12H14BrN3O4/c1-3-8-5-9(13)6-14-11(8)15-7-10(16(18)19)12(17)20-4-2/h5-7H,3-4H2,1-2H3,(H,14,15). The minimum atomic E-state index is -0.986. The van der Waals surface area contributed by atoms with Crippen LogP contribution < -0.4 is 5.32 Å². The maximum Gasteiger partial charge on any atom is 0.411 e. The third-order valence-corrected chi connectivity index (χ3v) is 2.77. The average Bonchev–Trinajstić information content (AvgIpc) is 2.40. The maximum atomic E-state index is 11.4. The summed E-state index contributed by atoms with van der Waals surface area (Å²) in [7, 11) is 0. The number of rotatable bonds is 6. The summed E-state index contributed by atoms with van der Waals surface area (Å²) >= 11 is 3.30. The molecule has 0 spiro atoms. The Labute approximate surface area is 124 Å². The summed E-state index contributed by atoms with van der Waals surface area (Å²) in [4.78, 5) is 25.5. The normalized spacial score (nSPS) is 11.1. The van der Waals surface area contributed by atoms with Crippen LogP contribution in [0.1, 0.15) is 19.4 Å². The zero-order chi connectivity index (χ0) is 15.1. The zero-order valence-corrected chi connectivity index (χ0v) is 12.6. The van der Waals surface area contributed by atoms with Crippen molar-refractivity contribution < 1.29 is 14.5 Å². The highest BCUT2D eigenvalue weighted by molar-refractivity contribution is 9.10. The molecule has 1 aromatic rings. The Bertz CT molecular complexity index is 546. The highest BCUT2D eigenvalue weighted by Crippen LogP contribution is 2.18. The van der Waals surface area contributed by atoms with Gasteiger partial charge >= 0.3 is 11.7 Å². The molecule has 20 heavy (non-hydrogen) atoms. The molecule has 0 aromatic carbocycles. The molecule has 0 radical (unpaired) electrons. The van der Waals surface area contributed by atoms with E-state index >= 15 is 0 Å². The first-order chi connectivity index (χ1) is 9.49.